The van der Waals surface area contributed by atoms with Crippen LogP contribution in [-0.4, -0.2) is 13.1 Å². The summed E-state index contributed by atoms with van der Waals surface area (Å²) in [4.78, 5) is 11.7. The Labute approximate surface area is 113 Å². The summed E-state index contributed by atoms with van der Waals surface area (Å²) in [6.45, 7) is 0. The van der Waals surface area contributed by atoms with E-state index in [1.165, 1.54) is 24.7 Å². The molecule has 0 spiro atoms. The molecule has 2 heteroatoms. The number of esters is 1. The molecular formula is C17H18O2. The minimum absolute atomic E-state index is 0.0767. The van der Waals surface area contributed by atoms with E-state index in [9.17, 15) is 4.79 Å². The third-order valence-electron chi connectivity index (χ3n) is 5.35. The highest BCUT2D eigenvalue weighted by molar-refractivity contribution is 5.71. The summed E-state index contributed by atoms with van der Waals surface area (Å²) < 4.78 is 4.90. The number of methoxy groups -OCH3 is 1. The Morgan fingerprint density at radius 1 is 1.21 bits per heavy atom. The molecule has 4 rings (SSSR count). The molecule has 0 N–H and O–H groups in total. The molecule has 2 bridgehead atoms. The van der Waals surface area contributed by atoms with E-state index < -0.39 is 0 Å². The number of fused-ring (bicyclic) bond motifs is 7. The van der Waals surface area contributed by atoms with E-state index in [0.717, 1.165) is 0 Å². The maximum atomic E-state index is 11.7. The summed E-state index contributed by atoms with van der Waals surface area (Å²) in [7, 11) is 1.49. The van der Waals surface area contributed by atoms with Crippen LogP contribution >= 0.6 is 0 Å². The number of ether oxygens (including phenoxy) is 1. The normalized spacial score (nSPS) is 37.2. The van der Waals surface area contributed by atoms with E-state index in [0.29, 0.717) is 36.0 Å². The van der Waals surface area contributed by atoms with Gasteiger partial charge in [-0.05, 0) is 47.1 Å². The van der Waals surface area contributed by atoms with Crippen LogP contribution in [0.5, 0.6) is 0 Å². The van der Waals surface area contributed by atoms with Gasteiger partial charge in [-0.25, -0.2) is 0 Å². The Morgan fingerprint density at radius 2 is 1.95 bits per heavy atom. The maximum absolute atomic E-state index is 11.7. The second-order valence-electron chi connectivity index (χ2n) is 6.07. The van der Waals surface area contributed by atoms with Crippen molar-refractivity contribution in [3.05, 3.63) is 47.5 Å². The number of carbonyl (C=O) groups excluding carboxylic acids is 1. The van der Waals surface area contributed by atoms with Crippen LogP contribution in [0.1, 0.15) is 35.8 Å². The smallest absolute Gasteiger partial charge is 0.306 e. The largest absolute Gasteiger partial charge is 0.469 e. The van der Waals surface area contributed by atoms with E-state index in [1.54, 1.807) is 0 Å². The fourth-order valence-corrected chi connectivity index (χ4v) is 4.72. The van der Waals surface area contributed by atoms with Gasteiger partial charge in [-0.3, -0.25) is 4.79 Å². The van der Waals surface area contributed by atoms with Crippen molar-refractivity contribution in [2.75, 3.05) is 7.11 Å². The van der Waals surface area contributed by atoms with Gasteiger partial charge in [-0.2, -0.15) is 0 Å². The topological polar surface area (TPSA) is 26.3 Å². The molecule has 5 atom stereocenters. The number of benzene rings is 1. The van der Waals surface area contributed by atoms with Crippen LogP contribution in [-0.2, 0) is 9.53 Å². The van der Waals surface area contributed by atoms with E-state index in [-0.39, 0.29) is 5.97 Å². The van der Waals surface area contributed by atoms with Crippen molar-refractivity contribution in [1.29, 1.82) is 0 Å². The van der Waals surface area contributed by atoms with Crippen molar-refractivity contribution >= 4 is 5.97 Å². The molecular weight excluding hydrogens is 236 g/mol. The lowest BCUT2D eigenvalue weighted by Crippen LogP contribution is -2.20. The fraction of sp³-hybridized carbons (Fsp3) is 0.471. The molecule has 19 heavy (non-hydrogen) atoms. The van der Waals surface area contributed by atoms with Crippen molar-refractivity contribution in [1.82, 2.24) is 0 Å². The molecule has 1 fully saturated rings. The molecule has 3 aliphatic carbocycles. The molecule has 2 nitrogen and oxygen atoms in total. The molecule has 0 unspecified atom stereocenters. The van der Waals surface area contributed by atoms with Crippen LogP contribution in [0, 0.1) is 17.8 Å². The molecule has 0 amide bonds. The van der Waals surface area contributed by atoms with Gasteiger partial charge < -0.3 is 4.74 Å². The second kappa shape index (κ2) is 3.96. The zero-order valence-corrected chi connectivity index (χ0v) is 11.1. The zero-order valence-electron chi connectivity index (χ0n) is 11.1. The van der Waals surface area contributed by atoms with Gasteiger partial charge in [0.05, 0.1) is 13.5 Å². The Kier molecular flexibility index (Phi) is 2.35. The van der Waals surface area contributed by atoms with Gasteiger partial charge in [0.25, 0.3) is 0 Å². The second-order valence-corrected chi connectivity index (χ2v) is 6.07. The number of carbonyl (C=O) groups is 1. The van der Waals surface area contributed by atoms with Crippen LogP contribution in [0.4, 0.5) is 0 Å². The van der Waals surface area contributed by atoms with E-state index >= 15 is 0 Å². The van der Waals surface area contributed by atoms with Crippen molar-refractivity contribution in [2.45, 2.75) is 24.7 Å². The van der Waals surface area contributed by atoms with Crippen molar-refractivity contribution in [3.63, 3.8) is 0 Å². The highest BCUT2D eigenvalue weighted by atomic mass is 16.5. The van der Waals surface area contributed by atoms with Crippen LogP contribution in [0.15, 0.2) is 36.4 Å². The van der Waals surface area contributed by atoms with Gasteiger partial charge in [0.2, 0.25) is 0 Å². The average Bonchev–Trinajstić information content (AvgIpc) is 3.11. The van der Waals surface area contributed by atoms with Crippen LogP contribution in [0.3, 0.4) is 0 Å². The Morgan fingerprint density at radius 3 is 2.74 bits per heavy atom. The molecule has 1 saturated carbocycles. The summed E-state index contributed by atoms with van der Waals surface area (Å²) in [5.41, 5.74) is 2.87. The van der Waals surface area contributed by atoms with E-state index in [4.69, 9.17) is 4.74 Å². The van der Waals surface area contributed by atoms with Gasteiger partial charge in [0, 0.05) is 0 Å². The van der Waals surface area contributed by atoms with Gasteiger partial charge >= 0.3 is 5.97 Å². The first-order valence-electron chi connectivity index (χ1n) is 7.13. The highest BCUT2D eigenvalue weighted by Gasteiger charge is 2.53. The molecule has 0 aromatic heterocycles. The minimum Gasteiger partial charge on any atom is -0.469 e. The summed E-state index contributed by atoms with van der Waals surface area (Å²) in [6, 6.07) is 8.70. The first kappa shape index (κ1) is 11.3. The first-order chi connectivity index (χ1) is 9.29. The average molecular weight is 254 g/mol. The van der Waals surface area contributed by atoms with Crippen molar-refractivity contribution in [3.8, 4) is 0 Å². The number of hydrogen-bond donors (Lipinski definition) is 0. The minimum atomic E-state index is -0.0767. The standard InChI is InChI=1S/C17H18O2/c1-19-15(18)9-14-12-4-2-3-5-13(12)16-10-6-7-11(8-10)17(14)16/h2-7,10-11,14,16-17H,8-9H2,1H3/t10-,11+,14-,16-,17+/m1/s1. The number of rotatable bonds is 2. The lowest BCUT2D eigenvalue weighted by atomic mass is 9.78. The summed E-state index contributed by atoms with van der Waals surface area (Å²) in [5, 5.41) is 0. The molecule has 0 saturated heterocycles. The third kappa shape index (κ3) is 1.46. The Balaban J connectivity index is 1.77. The van der Waals surface area contributed by atoms with Crippen LogP contribution in [0.2, 0.25) is 0 Å². The van der Waals surface area contributed by atoms with Gasteiger partial charge in [0.1, 0.15) is 0 Å². The molecule has 0 aliphatic heterocycles. The maximum Gasteiger partial charge on any atom is 0.306 e. The van der Waals surface area contributed by atoms with Gasteiger partial charge in [-0.15, -0.1) is 0 Å². The Hall–Kier alpha value is -1.57. The van der Waals surface area contributed by atoms with Crippen LogP contribution < -0.4 is 0 Å². The lowest BCUT2D eigenvalue weighted by Gasteiger charge is -2.26. The number of hydrogen-bond acceptors (Lipinski definition) is 2. The SMILES string of the molecule is COC(=O)C[C@@H]1c2ccccc2[C@@H]2[C@H]1[C@H]1C=C[C@@H]2C1. The molecule has 3 aliphatic rings. The van der Waals surface area contributed by atoms with E-state index in [2.05, 4.69) is 36.4 Å². The Bertz CT molecular complexity index is 560. The molecule has 0 radical (unpaired) electrons. The van der Waals surface area contributed by atoms with E-state index in [1.807, 2.05) is 0 Å². The monoisotopic (exact) mass is 254 g/mol. The quantitative estimate of drug-likeness (QED) is 0.598. The predicted octanol–water partition coefficient (Wildman–Crippen LogP) is 3.25. The highest BCUT2D eigenvalue weighted by Crippen LogP contribution is 2.63. The van der Waals surface area contributed by atoms with Gasteiger partial charge in [-0.1, -0.05) is 36.4 Å². The molecule has 1 aromatic carbocycles. The molecule has 98 valence electrons. The lowest BCUT2D eigenvalue weighted by molar-refractivity contribution is -0.141. The summed E-state index contributed by atoms with van der Waals surface area (Å²) >= 11 is 0. The van der Waals surface area contributed by atoms with Gasteiger partial charge in [0.15, 0.2) is 0 Å². The summed E-state index contributed by atoms with van der Waals surface area (Å²) in [6.07, 6.45) is 6.58. The van der Waals surface area contributed by atoms with Crippen molar-refractivity contribution in [2.24, 2.45) is 17.8 Å². The van der Waals surface area contributed by atoms with Crippen molar-refractivity contribution < 1.29 is 9.53 Å². The first-order valence-corrected chi connectivity index (χ1v) is 7.13. The third-order valence-corrected chi connectivity index (χ3v) is 5.35. The molecule has 1 aromatic rings. The van der Waals surface area contributed by atoms with Crippen LogP contribution in [0.25, 0.3) is 0 Å². The molecule has 0 heterocycles. The zero-order chi connectivity index (χ0) is 13.0. The summed E-state index contributed by atoms with van der Waals surface area (Å²) in [5.74, 6) is 2.89. The number of allylic oxidation sites excluding steroid dienone is 2. The predicted molar refractivity (Wildman–Crippen MR) is 72.8 cm³/mol. The fourth-order valence-electron chi connectivity index (χ4n) is 4.72.